The summed E-state index contributed by atoms with van der Waals surface area (Å²) in [6, 6.07) is 1.89. The second-order valence-electron chi connectivity index (χ2n) is 4.36. The predicted octanol–water partition coefficient (Wildman–Crippen LogP) is 1.70. The molecule has 2 amide bonds. The van der Waals surface area contributed by atoms with Crippen LogP contribution in [-0.2, 0) is 4.79 Å². The molecule has 1 aromatic rings. The monoisotopic (exact) mass is 319 g/mol. The molecular formula is C12H12F3N3O2S. The van der Waals surface area contributed by atoms with Gasteiger partial charge in [0, 0.05) is 24.5 Å². The smallest absolute Gasteiger partial charge is 0.354 e. The number of nitrogens with zero attached hydrogens (tertiary/aromatic N) is 1. The van der Waals surface area contributed by atoms with Crippen molar-refractivity contribution in [3.8, 4) is 0 Å². The first-order valence-corrected chi connectivity index (χ1v) is 6.98. The molecule has 2 N–H and O–H groups in total. The number of pyridine rings is 1. The summed E-state index contributed by atoms with van der Waals surface area (Å²) >= 11 is -0.454. The van der Waals surface area contributed by atoms with Crippen LogP contribution < -0.4 is 10.6 Å². The molecule has 1 aliphatic rings. The fraction of sp³-hybridized carbons (Fsp3) is 0.417. The third kappa shape index (κ3) is 4.35. The van der Waals surface area contributed by atoms with E-state index in [0.29, 0.717) is 19.4 Å². The lowest BCUT2D eigenvalue weighted by Gasteiger charge is -2.23. The number of piperidine rings is 1. The van der Waals surface area contributed by atoms with E-state index in [1.807, 2.05) is 0 Å². The zero-order valence-corrected chi connectivity index (χ0v) is 11.6. The second kappa shape index (κ2) is 6.33. The number of thioether (sulfide) groups is 1. The molecule has 1 unspecified atom stereocenters. The topological polar surface area (TPSA) is 71.1 Å². The molecule has 1 atom stereocenters. The van der Waals surface area contributed by atoms with Crippen LogP contribution in [0, 0.1) is 0 Å². The molecule has 21 heavy (non-hydrogen) atoms. The maximum atomic E-state index is 12.4. The van der Waals surface area contributed by atoms with Crippen molar-refractivity contribution in [2.24, 2.45) is 0 Å². The van der Waals surface area contributed by atoms with Gasteiger partial charge in [-0.05, 0) is 25.0 Å². The highest BCUT2D eigenvalue weighted by Crippen LogP contribution is 2.37. The molecule has 5 nitrogen and oxygen atoms in total. The lowest BCUT2D eigenvalue weighted by molar-refractivity contribution is -0.124. The van der Waals surface area contributed by atoms with Gasteiger partial charge in [0.2, 0.25) is 5.91 Å². The van der Waals surface area contributed by atoms with E-state index in [1.165, 1.54) is 18.3 Å². The average Bonchev–Trinajstić information content (AvgIpc) is 2.40. The van der Waals surface area contributed by atoms with E-state index in [4.69, 9.17) is 0 Å². The van der Waals surface area contributed by atoms with Gasteiger partial charge in [0.15, 0.2) is 0 Å². The van der Waals surface area contributed by atoms with Crippen LogP contribution in [0.1, 0.15) is 23.2 Å². The van der Waals surface area contributed by atoms with E-state index in [1.54, 1.807) is 0 Å². The van der Waals surface area contributed by atoms with Crippen molar-refractivity contribution >= 4 is 23.6 Å². The molecule has 0 saturated carbocycles. The van der Waals surface area contributed by atoms with Crippen molar-refractivity contribution in [3.05, 3.63) is 23.9 Å². The van der Waals surface area contributed by atoms with E-state index in [9.17, 15) is 22.8 Å². The number of carbonyl (C=O) groups excluding carboxylic acids is 2. The summed E-state index contributed by atoms with van der Waals surface area (Å²) < 4.78 is 37.3. The van der Waals surface area contributed by atoms with Gasteiger partial charge in [-0.3, -0.25) is 9.59 Å². The summed E-state index contributed by atoms with van der Waals surface area (Å²) in [5, 5.41) is 4.59. The van der Waals surface area contributed by atoms with Crippen LogP contribution in [0.25, 0.3) is 0 Å². The molecule has 2 rings (SSSR count). The number of alkyl halides is 3. The summed E-state index contributed by atoms with van der Waals surface area (Å²) in [5.74, 6) is -1.07. The summed E-state index contributed by atoms with van der Waals surface area (Å²) in [6.07, 6.45) is 2.34. The van der Waals surface area contributed by atoms with Gasteiger partial charge in [-0.15, -0.1) is 0 Å². The molecular weight excluding hydrogens is 307 g/mol. The molecule has 2 heterocycles. The molecule has 1 fully saturated rings. The van der Waals surface area contributed by atoms with Crippen molar-refractivity contribution in [2.45, 2.75) is 29.4 Å². The molecule has 1 aliphatic heterocycles. The molecule has 0 bridgehead atoms. The Morgan fingerprint density at radius 3 is 2.90 bits per heavy atom. The van der Waals surface area contributed by atoms with Crippen LogP contribution in [0.4, 0.5) is 13.2 Å². The van der Waals surface area contributed by atoms with Crippen LogP contribution in [-0.4, -0.2) is 34.9 Å². The number of amides is 2. The zero-order valence-electron chi connectivity index (χ0n) is 10.7. The minimum absolute atomic E-state index is 0.196. The number of hydrogen-bond donors (Lipinski definition) is 2. The van der Waals surface area contributed by atoms with Gasteiger partial charge in [-0.2, -0.15) is 13.2 Å². The molecule has 114 valence electrons. The number of rotatable bonds is 3. The Hall–Kier alpha value is -1.77. The Labute approximate surface area is 122 Å². The van der Waals surface area contributed by atoms with Crippen LogP contribution >= 0.6 is 11.8 Å². The predicted molar refractivity (Wildman–Crippen MR) is 69.6 cm³/mol. The fourth-order valence-corrected chi connectivity index (χ4v) is 2.50. The molecule has 0 spiro atoms. The maximum Gasteiger partial charge on any atom is 0.447 e. The summed E-state index contributed by atoms with van der Waals surface area (Å²) in [4.78, 5) is 27.2. The van der Waals surface area contributed by atoms with E-state index >= 15 is 0 Å². The highest BCUT2D eigenvalue weighted by Gasteiger charge is 2.33. The van der Waals surface area contributed by atoms with Crippen molar-refractivity contribution in [1.82, 2.24) is 15.6 Å². The summed E-state index contributed by atoms with van der Waals surface area (Å²) in [5.41, 5.74) is -4.73. The Bertz CT molecular complexity index is 551. The SMILES string of the molecule is O=C(NC1CCCNC1=O)c1cccnc1SC(F)(F)F. The summed E-state index contributed by atoms with van der Waals surface area (Å²) in [7, 11) is 0. The fourth-order valence-electron chi connectivity index (χ4n) is 1.90. The molecule has 0 radical (unpaired) electrons. The average molecular weight is 319 g/mol. The van der Waals surface area contributed by atoms with E-state index in [2.05, 4.69) is 15.6 Å². The van der Waals surface area contributed by atoms with Crippen LogP contribution in [0.2, 0.25) is 0 Å². The Morgan fingerprint density at radius 2 is 2.24 bits per heavy atom. The van der Waals surface area contributed by atoms with Crippen molar-refractivity contribution < 1.29 is 22.8 Å². The van der Waals surface area contributed by atoms with Gasteiger partial charge >= 0.3 is 5.51 Å². The largest absolute Gasteiger partial charge is 0.447 e. The van der Waals surface area contributed by atoms with Crippen molar-refractivity contribution in [1.29, 1.82) is 0 Å². The third-order valence-corrected chi connectivity index (χ3v) is 3.57. The zero-order chi connectivity index (χ0) is 15.5. The van der Waals surface area contributed by atoms with Crippen LogP contribution in [0.5, 0.6) is 0 Å². The minimum atomic E-state index is -4.54. The molecule has 0 aromatic carbocycles. The molecule has 0 aliphatic carbocycles. The number of nitrogens with one attached hydrogen (secondary N) is 2. The second-order valence-corrected chi connectivity index (χ2v) is 5.42. The highest BCUT2D eigenvalue weighted by atomic mass is 32.2. The number of carbonyl (C=O) groups is 2. The van der Waals surface area contributed by atoms with Crippen molar-refractivity contribution in [2.75, 3.05) is 6.54 Å². The maximum absolute atomic E-state index is 12.4. The Kier molecular flexibility index (Phi) is 4.71. The first-order valence-electron chi connectivity index (χ1n) is 6.16. The van der Waals surface area contributed by atoms with E-state index < -0.39 is 34.2 Å². The Balaban J connectivity index is 2.13. The number of halogens is 3. The van der Waals surface area contributed by atoms with Gasteiger partial charge in [-0.25, -0.2) is 4.98 Å². The van der Waals surface area contributed by atoms with Gasteiger partial charge in [0.1, 0.15) is 11.1 Å². The van der Waals surface area contributed by atoms with E-state index in [0.717, 1.165) is 0 Å². The molecule has 1 saturated heterocycles. The lowest BCUT2D eigenvalue weighted by Crippen LogP contribution is -2.50. The van der Waals surface area contributed by atoms with Gasteiger partial charge < -0.3 is 10.6 Å². The van der Waals surface area contributed by atoms with E-state index in [-0.39, 0.29) is 11.5 Å². The highest BCUT2D eigenvalue weighted by molar-refractivity contribution is 8.00. The summed E-state index contributed by atoms with van der Waals surface area (Å²) in [6.45, 7) is 0.535. The van der Waals surface area contributed by atoms with Crippen molar-refractivity contribution in [3.63, 3.8) is 0 Å². The van der Waals surface area contributed by atoms with Gasteiger partial charge in [0.25, 0.3) is 5.91 Å². The first-order chi connectivity index (χ1) is 9.87. The van der Waals surface area contributed by atoms with Crippen LogP contribution in [0.3, 0.4) is 0 Å². The van der Waals surface area contributed by atoms with Crippen LogP contribution in [0.15, 0.2) is 23.4 Å². The molecule has 1 aromatic heterocycles. The molecule has 9 heteroatoms. The standard InChI is InChI=1S/C12H12F3N3O2S/c13-12(14,15)21-11-7(3-1-6-17-11)9(19)18-8-4-2-5-16-10(8)20/h1,3,6,8H,2,4-5H2,(H,16,20)(H,18,19). The first kappa shape index (κ1) is 15.6. The van der Waals surface area contributed by atoms with Gasteiger partial charge in [-0.1, -0.05) is 0 Å². The number of hydrogen-bond acceptors (Lipinski definition) is 4. The van der Waals surface area contributed by atoms with Gasteiger partial charge in [0.05, 0.1) is 5.56 Å². The quantitative estimate of drug-likeness (QED) is 0.832. The third-order valence-electron chi connectivity index (χ3n) is 2.82. The lowest BCUT2D eigenvalue weighted by atomic mass is 10.1. The normalized spacial score (nSPS) is 19.0. The Morgan fingerprint density at radius 1 is 1.48 bits per heavy atom. The number of aromatic nitrogens is 1. The minimum Gasteiger partial charge on any atom is -0.354 e.